The number of nitrogens with one attached hydrogen (secondary N) is 1. The SMILES string of the molecule is CN(Cc1ccccc1)C(=O)c1ccc(NCCc2ccccc2F)nn1. The zero-order valence-corrected chi connectivity index (χ0v) is 15.1. The Labute approximate surface area is 157 Å². The molecule has 0 fully saturated rings. The molecule has 27 heavy (non-hydrogen) atoms. The average molecular weight is 364 g/mol. The molecule has 0 atom stereocenters. The lowest BCUT2D eigenvalue weighted by atomic mass is 10.1. The molecule has 0 saturated carbocycles. The van der Waals surface area contributed by atoms with Crippen LogP contribution in [0.2, 0.25) is 0 Å². The Morgan fingerprint density at radius 1 is 1.00 bits per heavy atom. The van der Waals surface area contributed by atoms with Gasteiger partial charge in [0.1, 0.15) is 11.6 Å². The van der Waals surface area contributed by atoms with Crippen LogP contribution in [0.15, 0.2) is 66.7 Å². The molecule has 0 radical (unpaired) electrons. The van der Waals surface area contributed by atoms with E-state index >= 15 is 0 Å². The second-order valence-electron chi connectivity index (χ2n) is 6.22. The minimum Gasteiger partial charge on any atom is -0.368 e. The highest BCUT2D eigenvalue weighted by Crippen LogP contribution is 2.10. The molecule has 6 heteroatoms. The number of hydrogen-bond acceptors (Lipinski definition) is 4. The summed E-state index contributed by atoms with van der Waals surface area (Å²) in [6.07, 6.45) is 0.537. The maximum absolute atomic E-state index is 13.6. The van der Waals surface area contributed by atoms with Gasteiger partial charge in [0.25, 0.3) is 5.91 Å². The lowest BCUT2D eigenvalue weighted by Crippen LogP contribution is -2.27. The number of benzene rings is 2. The summed E-state index contributed by atoms with van der Waals surface area (Å²) in [5.41, 5.74) is 1.98. The van der Waals surface area contributed by atoms with Gasteiger partial charge in [0.15, 0.2) is 5.69 Å². The van der Waals surface area contributed by atoms with Gasteiger partial charge in [0.2, 0.25) is 0 Å². The smallest absolute Gasteiger partial charge is 0.274 e. The molecule has 0 aliphatic heterocycles. The summed E-state index contributed by atoms with van der Waals surface area (Å²) in [5.74, 6) is 0.144. The van der Waals surface area contributed by atoms with Crippen LogP contribution in [0.3, 0.4) is 0 Å². The molecule has 3 rings (SSSR count). The van der Waals surface area contributed by atoms with Crippen molar-refractivity contribution < 1.29 is 9.18 Å². The van der Waals surface area contributed by atoms with E-state index in [1.165, 1.54) is 6.07 Å². The maximum atomic E-state index is 13.6. The largest absolute Gasteiger partial charge is 0.368 e. The second kappa shape index (κ2) is 8.89. The van der Waals surface area contributed by atoms with Gasteiger partial charge in [-0.1, -0.05) is 48.5 Å². The molecule has 0 spiro atoms. The third-order valence-corrected chi connectivity index (χ3v) is 4.15. The van der Waals surface area contributed by atoms with Crippen LogP contribution in [-0.2, 0) is 13.0 Å². The van der Waals surface area contributed by atoms with Crippen LogP contribution in [0, 0.1) is 5.82 Å². The Morgan fingerprint density at radius 3 is 2.44 bits per heavy atom. The molecule has 0 aliphatic rings. The van der Waals surface area contributed by atoms with E-state index in [2.05, 4.69) is 15.5 Å². The van der Waals surface area contributed by atoms with Crippen LogP contribution in [0.4, 0.5) is 10.2 Å². The van der Waals surface area contributed by atoms with E-state index in [1.54, 1.807) is 36.2 Å². The summed E-state index contributed by atoms with van der Waals surface area (Å²) >= 11 is 0. The molecule has 1 heterocycles. The number of aromatic nitrogens is 2. The summed E-state index contributed by atoms with van der Waals surface area (Å²) < 4.78 is 13.6. The standard InChI is InChI=1S/C21H21FN4O/c1-26(15-16-7-3-2-4-8-16)21(27)19-11-12-20(25-24-19)23-14-13-17-9-5-6-10-18(17)22/h2-12H,13-15H2,1H3,(H,23,25). The van der Waals surface area contributed by atoms with Crippen molar-refractivity contribution in [3.8, 4) is 0 Å². The van der Waals surface area contributed by atoms with Crippen LogP contribution in [0.1, 0.15) is 21.6 Å². The molecule has 0 unspecified atom stereocenters. The highest BCUT2D eigenvalue weighted by Gasteiger charge is 2.14. The van der Waals surface area contributed by atoms with Gasteiger partial charge in [0.05, 0.1) is 0 Å². The fourth-order valence-corrected chi connectivity index (χ4v) is 2.69. The summed E-state index contributed by atoms with van der Waals surface area (Å²) in [6, 6.07) is 19.8. The van der Waals surface area contributed by atoms with E-state index in [0.29, 0.717) is 30.9 Å². The number of anilines is 1. The van der Waals surface area contributed by atoms with Crippen molar-refractivity contribution in [3.63, 3.8) is 0 Å². The third-order valence-electron chi connectivity index (χ3n) is 4.15. The predicted molar refractivity (Wildman–Crippen MR) is 103 cm³/mol. The molecule has 138 valence electrons. The topological polar surface area (TPSA) is 58.1 Å². The summed E-state index contributed by atoms with van der Waals surface area (Å²) in [6.45, 7) is 1.03. The third kappa shape index (κ3) is 5.10. The van der Waals surface area contributed by atoms with Crippen molar-refractivity contribution in [3.05, 3.63) is 89.4 Å². The quantitative estimate of drug-likeness (QED) is 0.697. The van der Waals surface area contributed by atoms with Crippen LogP contribution in [0.25, 0.3) is 0 Å². The first-order chi connectivity index (χ1) is 13.1. The van der Waals surface area contributed by atoms with Crippen molar-refractivity contribution in [1.29, 1.82) is 0 Å². The molecule has 1 N–H and O–H groups in total. The monoisotopic (exact) mass is 364 g/mol. The van der Waals surface area contributed by atoms with Crippen LogP contribution in [-0.4, -0.2) is 34.6 Å². The minimum absolute atomic E-state index is 0.191. The number of rotatable bonds is 7. The first kappa shape index (κ1) is 18.5. The molecule has 3 aromatic rings. The van der Waals surface area contributed by atoms with Gasteiger partial charge in [-0.25, -0.2) is 4.39 Å². The zero-order valence-electron chi connectivity index (χ0n) is 15.1. The maximum Gasteiger partial charge on any atom is 0.274 e. The Hall–Kier alpha value is -3.28. The van der Waals surface area contributed by atoms with Gasteiger partial charge in [-0.05, 0) is 35.7 Å². The summed E-state index contributed by atoms with van der Waals surface area (Å²) in [4.78, 5) is 14.1. The van der Waals surface area contributed by atoms with Gasteiger partial charge >= 0.3 is 0 Å². The number of amides is 1. The lowest BCUT2D eigenvalue weighted by Gasteiger charge is -2.16. The van der Waals surface area contributed by atoms with Crippen molar-refractivity contribution in [1.82, 2.24) is 15.1 Å². The Kier molecular flexibility index (Phi) is 6.10. The van der Waals surface area contributed by atoms with Crippen LogP contribution in [0.5, 0.6) is 0 Å². The Balaban J connectivity index is 1.53. The first-order valence-corrected chi connectivity index (χ1v) is 8.74. The normalized spacial score (nSPS) is 10.4. The molecule has 2 aromatic carbocycles. The number of nitrogens with zero attached hydrogens (tertiary/aromatic N) is 3. The minimum atomic E-state index is -0.215. The first-order valence-electron chi connectivity index (χ1n) is 8.74. The van der Waals surface area contributed by atoms with Crippen molar-refractivity contribution in [2.75, 3.05) is 18.9 Å². The second-order valence-corrected chi connectivity index (χ2v) is 6.22. The van der Waals surface area contributed by atoms with E-state index in [1.807, 2.05) is 36.4 Å². The Morgan fingerprint density at radius 2 is 1.74 bits per heavy atom. The lowest BCUT2D eigenvalue weighted by molar-refractivity contribution is 0.0778. The molecular formula is C21H21FN4O. The van der Waals surface area contributed by atoms with Crippen LogP contribution >= 0.6 is 0 Å². The molecule has 0 bridgehead atoms. The highest BCUT2D eigenvalue weighted by atomic mass is 19.1. The van der Waals surface area contributed by atoms with Crippen molar-refractivity contribution in [2.45, 2.75) is 13.0 Å². The van der Waals surface area contributed by atoms with Crippen LogP contribution < -0.4 is 5.32 Å². The molecular weight excluding hydrogens is 343 g/mol. The molecule has 0 saturated heterocycles. The fraction of sp³-hybridized carbons (Fsp3) is 0.190. The zero-order chi connectivity index (χ0) is 19.1. The van der Waals surface area contributed by atoms with Gasteiger partial charge in [0, 0.05) is 20.1 Å². The van der Waals surface area contributed by atoms with E-state index < -0.39 is 0 Å². The van der Waals surface area contributed by atoms with Gasteiger partial charge in [-0.3, -0.25) is 4.79 Å². The number of carbonyl (C=O) groups excluding carboxylic acids is 1. The van der Waals surface area contributed by atoms with E-state index in [9.17, 15) is 9.18 Å². The van der Waals surface area contributed by atoms with Crippen molar-refractivity contribution in [2.24, 2.45) is 0 Å². The van der Waals surface area contributed by atoms with Gasteiger partial charge in [-0.2, -0.15) is 0 Å². The average Bonchev–Trinajstić information content (AvgIpc) is 2.70. The highest BCUT2D eigenvalue weighted by molar-refractivity contribution is 5.92. The fourth-order valence-electron chi connectivity index (χ4n) is 2.69. The molecule has 5 nitrogen and oxygen atoms in total. The van der Waals surface area contributed by atoms with E-state index in [-0.39, 0.29) is 17.4 Å². The predicted octanol–water partition coefficient (Wildman–Crippen LogP) is 3.54. The molecule has 1 amide bonds. The van der Waals surface area contributed by atoms with Crippen molar-refractivity contribution >= 4 is 11.7 Å². The van der Waals surface area contributed by atoms with Gasteiger partial charge in [-0.15, -0.1) is 10.2 Å². The van der Waals surface area contributed by atoms with Gasteiger partial charge < -0.3 is 10.2 Å². The summed E-state index contributed by atoms with van der Waals surface area (Å²) in [7, 11) is 1.73. The van der Waals surface area contributed by atoms with E-state index in [0.717, 1.165) is 5.56 Å². The van der Waals surface area contributed by atoms with E-state index in [4.69, 9.17) is 0 Å². The number of halogens is 1. The molecule has 1 aromatic heterocycles. The molecule has 0 aliphatic carbocycles. The number of hydrogen-bond donors (Lipinski definition) is 1. The summed E-state index contributed by atoms with van der Waals surface area (Å²) in [5, 5.41) is 11.1. The number of carbonyl (C=O) groups is 1. The Bertz CT molecular complexity index is 884.